The molecule has 6 N–H and O–H groups in total. The maximum Gasteiger partial charge on any atom is 0.333 e. The van der Waals surface area contributed by atoms with Crippen molar-refractivity contribution in [3.63, 3.8) is 0 Å². The van der Waals surface area contributed by atoms with Crippen molar-refractivity contribution in [1.29, 1.82) is 0 Å². The molecule has 0 bridgehead atoms. The third-order valence-electron chi connectivity index (χ3n) is 7.64. The first-order valence-corrected chi connectivity index (χ1v) is 20.6. The predicted octanol–water partition coefficient (Wildman–Crippen LogP) is 4.81. The Kier molecular flexibility index (Phi) is 29.8. The fourth-order valence-corrected chi connectivity index (χ4v) is 4.21. The maximum absolute atomic E-state index is 11.1. The molecule has 0 aliphatic heterocycles. The van der Waals surface area contributed by atoms with Crippen LogP contribution in [-0.2, 0) is 38.1 Å². The molecule has 0 aromatic heterocycles. The zero-order chi connectivity index (χ0) is 50.7. The van der Waals surface area contributed by atoms with Crippen LogP contribution < -0.4 is 18.9 Å². The third-order valence-corrected chi connectivity index (χ3v) is 7.64. The zero-order valence-electron chi connectivity index (χ0n) is 37.9. The first kappa shape index (κ1) is 58.4. The summed E-state index contributed by atoms with van der Waals surface area (Å²) < 4.78 is 39.7. The molecule has 368 valence electrons. The molecule has 0 amide bonds. The summed E-state index contributed by atoms with van der Waals surface area (Å²) >= 11 is 0. The number of phenols is 2. The van der Waals surface area contributed by atoms with Crippen molar-refractivity contribution in [2.75, 3.05) is 52.9 Å². The van der Waals surface area contributed by atoms with Crippen LogP contribution in [0.3, 0.4) is 0 Å². The van der Waals surface area contributed by atoms with Gasteiger partial charge in [-0.2, -0.15) is 0 Å². The summed E-state index contributed by atoms with van der Waals surface area (Å²) in [6, 6.07) is 31.0. The fourth-order valence-electron chi connectivity index (χ4n) is 4.21. The number of hydrogen-bond acceptors (Lipinski definition) is 18. The molecule has 4 unspecified atom stereocenters. The third kappa shape index (κ3) is 28.3. The number of carbonyl (C=O) groups excluding carboxylic acids is 4. The van der Waals surface area contributed by atoms with Crippen LogP contribution in [0.1, 0.15) is 13.8 Å². The minimum absolute atomic E-state index is 0.0105. The number of para-hydroxylation sites is 6. The molecule has 0 saturated heterocycles. The van der Waals surface area contributed by atoms with Crippen molar-refractivity contribution in [2.45, 2.75) is 38.3 Å². The van der Waals surface area contributed by atoms with Gasteiger partial charge in [0.25, 0.3) is 0 Å². The van der Waals surface area contributed by atoms with Gasteiger partial charge >= 0.3 is 23.9 Å². The average molecular weight is 949 g/mol. The molecule has 4 rings (SSSR count). The molecule has 0 saturated carbocycles. The summed E-state index contributed by atoms with van der Waals surface area (Å²) in [7, 11) is 0. The van der Waals surface area contributed by atoms with Crippen LogP contribution >= 0.6 is 0 Å². The van der Waals surface area contributed by atoms with Crippen LogP contribution in [-0.4, -0.2) is 132 Å². The van der Waals surface area contributed by atoms with Crippen LogP contribution in [0.15, 0.2) is 159 Å². The Morgan fingerprint density at radius 3 is 1.01 bits per heavy atom. The van der Waals surface area contributed by atoms with E-state index in [1.807, 2.05) is 36.4 Å². The Bertz CT molecular complexity index is 2130. The van der Waals surface area contributed by atoms with E-state index in [9.17, 15) is 49.8 Å². The molecule has 18 nitrogen and oxygen atoms in total. The summed E-state index contributed by atoms with van der Waals surface area (Å²) in [6.07, 6.45) is -1.56. The van der Waals surface area contributed by atoms with E-state index in [1.165, 1.54) is 19.1 Å². The quantitative estimate of drug-likeness (QED) is 0.0313. The average Bonchev–Trinajstić information content (AvgIpc) is 3.35. The van der Waals surface area contributed by atoms with E-state index in [4.69, 9.17) is 28.4 Å². The van der Waals surface area contributed by atoms with Gasteiger partial charge in [0, 0.05) is 23.3 Å². The van der Waals surface area contributed by atoms with Gasteiger partial charge in [-0.05, 0) is 62.4 Å². The number of aromatic hydroxyl groups is 2. The minimum Gasteiger partial charge on any atom is -0.504 e. The lowest BCUT2D eigenvalue weighted by Gasteiger charge is -2.13. The van der Waals surface area contributed by atoms with Gasteiger partial charge in [-0.1, -0.05) is 87.0 Å². The molecule has 0 spiro atoms. The molecule has 18 heteroatoms. The van der Waals surface area contributed by atoms with Gasteiger partial charge in [-0.3, -0.25) is 0 Å². The highest BCUT2D eigenvalue weighted by Crippen LogP contribution is 2.25. The number of ether oxygens (including phenoxy) is 8. The van der Waals surface area contributed by atoms with Gasteiger partial charge in [0.05, 0.1) is 0 Å². The molecule has 0 aliphatic carbocycles. The van der Waals surface area contributed by atoms with Gasteiger partial charge in [0.15, 0.2) is 23.0 Å². The van der Waals surface area contributed by atoms with Crippen molar-refractivity contribution >= 4 is 23.9 Å². The molecule has 68 heavy (non-hydrogen) atoms. The Hall–Kier alpha value is -7.64. The smallest absolute Gasteiger partial charge is 0.333 e. The molecule has 0 aliphatic rings. The molecular formula is C50H60O18. The SMILES string of the molecule is C=C(C)C(=O)OCC(O)COc1ccccc1.C=C(C)C(=O)OCC(O)COc1ccccc1O.C=CC(=O)OCC(O)COc1ccccc1.C=CC(=O)OCC(O)COc1ccccc1O. The Morgan fingerprint density at radius 1 is 0.441 bits per heavy atom. The van der Waals surface area contributed by atoms with E-state index in [1.54, 1.807) is 67.6 Å². The number of benzene rings is 4. The monoisotopic (exact) mass is 948 g/mol. The van der Waals surface area contributed by atoms with Crippen molar-refractivity contribution in [2.24, 2.45) is 0 Å². The predicted molar refractivity (Wildman–Crippen MR) is 249 cm³/mol. The number of hydrogen-bond donors (Lipinski definition) is 6. The van der Waals surface area contributed by atoms with Gasteiger partial charge < -0.3 is 68.5 Å². The van der Waals surface area contributed by atoms with E-state index in [0.717, 1.165) is 12.2 Å². The summed E-state index contributed by atoms with van der Waals surface area (Å²) in [5.74, 6) is -0.393. The van der Waals surface area contributed by atoms with Crippen molar-refractivity contribution in [3.8, 4) is 34.5 Å². The minimum atomic E-state index is -0.965. The van der Waals surface area contributed by atoms with E-state index in [0.29, 0.717) is 17.1 Å². The second-order valence-corrected chi connectivity index (χ2v) is 13.8. The molecule has 4 aromatic carbocycles. The fraction of sp³-hybridized carbons (Fsp3) is 0.280. The van der Waals surface area contributed by atoms with Crippen LogP contribution in [0.25, 0.3) is 0 Å². The Balaban J connectivity index is 0.000000454. The van der Waals surface area contributed by atoms with E-state index in [2.05, 4.69) is 35.8 Å². The first-order valence-electron chi connectivity index (χ1n) is 20.6. The standard InChI is InChI=1S/C13H16O5.C13H16O4.C12H14O5.C12H14O4/c1-9(2)13(16)18-8-10(14)7-17-12-6-4-3-5-11(12)15;1-10(2)13(15)17-9-11(14)8-16-12-6-4-3-5-7-12;1-2-12(15)17-8-9(13)7-16-11-6-4-3-5-10(11)14;1-2-12(14)16-9-10(13)8-15-11-6-4-3-5-7-11/h3-6,10,14-15H,1,7-8H2,2H3;3-7,11,14H,1,8-9H2,2H3;2-6,9,13-14H,1,7-8H2;2-7,10,13H,1,8-9H2. The largest absolute Gasteiger partial charge is 0.504 e. The second-order valence-electron chi connectivity index (χ2n) is 13.8. The molecule has 0 fully saturated rings. The molecule has 0 heterocycles. The summed E-state index contributed by atoms with van der Waals surface area (Å²) in [5, 5.41) is 56.7. The first-order chi connectivity index (χ1) is 32.4. The molecule has 0 radical (unpaired) electrons. The van der Waals surface area contributed by atoms with Crippen LogP contribution in [0.2, 0.25) is 0 Å². The maximum atomic E-state index is 11.1. The molecular weight excluding hydrogens is 889 g/mol. The van der Waals surface area contributed by atoms with Gasteiger partial charge in [0.1, 0.15) is 88.8 Å². The summed E-state index contributed by atoms with van der Waals surface area (Å²) in [5.41, 5.74) is 0.574. The topological polar surface area (TPSA) is 263 Å². The molecule has 4 aromatic rings. The summed E-state index contributed by atoms with van der Waals surface area (Å²) in [6.45, 7) is 15.8. The molecule has 4 atom stereocenters. The van der Waals surface area contributed by atoms with Crippen molar-refractivity contribution in [1.82, 2.24) is 0 Å². The number of carbonyl (C=O) groups is 4. The highest BCUT2D eigenvalue weighted by Gasteiger charge is 2.13. The number of rotatable bonds is 24. The number of phenolic OH excluding ortho intramolecular Hbond substituents is 2. The Morgan fingerprint density at radius 2 is 0.721 bits per heavy atom. The lowest BCUT2D eigenvalue weighted by Crippen LogP contribution is -2.25. The van der Waals surface area contributed by atoms with Crippen molar-refractivity contribution < 1.29 is 87.7 Å². The van der Waals surface area contributed by atoms with Crippen LogP contribution in [0.4, 0.5) is 0 Å². The normalized spacial score (nSPS) is 11.6. The van der Waals surface area contributed by atoms with E-state index in [-0.39, 0.29) is 81.4 Å². The number of esters is 4. The highest BCUT2D eigenvalue weighted by molar-refractivity contribution is 5.87. The summed E-state index contributed by atoms with van der Waals surface area (Å²) in [4.78, 5) is 43.5. The van der Waals surface area contributed by atoms with Crippen molar-refractivity contribution in [3.05, 3.63) is 159 Å². The highest BCUT2D eigenvalue weighted by atomic mass is 16.6. The number of aliphatic hydroxyl groups is 4. The van der Waals surface area contributed by atoms with E-state index >= 15 is 0 Å². The second kappa shape index (κ2) is 34.7. The van der Waals surface area contributed by atoms with Gasteiger partial charge in [-0.15, -0.1) is 0 Å². The zero-order valence-corrected chi connectivity index (χ0v) is 37.9. The lowest BCUT2D eigenvalue weighted by atomic mass is 10.3. The number of aliphatic hydroxyl groups excluding tert-OH is 4. The van der Waals surface area contributed by atoms with Gasteiger partial charge in [-0.25, -0.2) is 19.2 Å². The van der Waals surface area contributed by atoms with E-state index < -0.39 is 48.3 Å². The Labute approximate surface area is 395 Å². The van der Waals surface area contributed by atoms with Gasteiger partial charge in [0.2, 0.25) is 0 Å². The van der Waals surface area contributed by atoms with Crippen LogP contribution in [0, 0.1) is 0 Å². The lowest BCUT2D eigenvalue weighted by molar-refractivity contribution is -0.143. The van der Waals surface area contributed by atoms with Crippen LogP contribution in [0.5, 0.6) is 34.5 Å².